The molecule has 3 aromatic rings. The van der Waals surface area contributed by atoms with E-state index in [-0.39, 0.29) is 10.6 Å². The maximum Gasteiger partial charge on any atom is 0.270 e. The Bertz CT molecular complexity index is 903. The Morgan fingerprint density at radius 2 is 1.64 bits per heavy atom. The number of rotatable bonds is 5. The third-order valence-electron chi connectivity index (χ3n) is 3.90. The van der Waals surface area contributed by atoms with Gasteiger partial charge in [-0.15, -0.1) is 11.8 Å². The molecule has 3 nitrogen and oxygen atoms in total. The highest BCUT2D eigenvalue weighted by molar-refractivity contribution is 7.98. The molecule has 0 fully saturated rings. The van der Waals surface area contributed by atoms with Gasteiger partial charge < -0.3 is 0 Å². The van der Waals surface area contributed by atoms with Crippen molar-refractivity contribution in [2.75, 3.05) is 6.26 Å². The standard InChI is InChI=1S/C21H17NO2S/c1-25-20-12-9-17(10-13-20)21-14-11-19(22(23)24)15-18(21)8-7-16-5-3-2-4-6-16/h2-15H,1H3. The summed E-state index contributed by atoms with van der Waals surface area (Å²) >= 11 is 1.69. The molecule has 25 heavy (non-hydrogen) atoms. The Kier molecular flexibility index (Phi) is 5.31. The van der Waals surface area contributed by atoms with E-state index < -0.39 is 0 Å². The average Bonchev–Trinajstić information content (AvgIpc) is 2.67. The highest BCUT2D eigenvalue weighted by Crippen LogP contribution is 2.30. The van der Waals surface area contributed by atoms with E-state index in [2.05, 4.69) is 12.1 Å². The molecule has 4 heteroatoms. The summed E-state index contributed by atoms with van der Waals surface area (Å²) in [4.78, 5) is 12.0. The predicted molar refractivity (Wildman–Crippen MR) is 106 cm³/mol. The first-order valence-electron chi connectivity index (χ1n) is 7.83. The van der Waals surface area contributed by atoms with Crippen molar-refractivity contribution < 1.29 is 4.92 Å². The van der Waals surface area contributed by atoms with Gasteiger partial charge in [-0.2, -0.15) is 0 Å². The summed E-state index contributed by atoms with van der Waals surface area (Å²) in [6, 6.07) is 23.1. The first-order valence-corrected chi connectivity index (χ1v) is 9.06. The lowest BCUT2D eigenvalue weighted by atomic mass is 9.98. The van der Waals surface area contributed by atoms with Crippen LogP contribution in [0.3, 0.4) is 0 Å². The molecule has 0 aliphatic heterocycles. The van der Waals surface area contributed by atoms with E-state index in [0.717, 1.165) is 22.3 Å². The molecule has 0 saturated heterocycles. The lowest BCUT2D eigenvalue weighted by Crippen LogP contribution is -1.91. The number of hydrogen-bond donors (Lipinski definition) is 0. The van der Waals surface area contributed by atoms with E-state index in [4.69, 9.17) is 0 Å². The van der Waals surface area contributed by atoms with Gasteiger partial charge in [-0.05, 0) is 46.7 Å². The highest BCUT2D eigenvalue weighted by atomic mass is 32.2. The quantitative estimate of drug-likeness (QED) is 0.240. The zero-order chi connectivity index (χ0) is 17.6. The molecule has 3 aromatic carbocycles. The van der Waals surface area contributed by atoms with Crippen molar-refractivity contribution in [1.82, 2.24) is 0 Å². The Morgan fingerprint density at radius 3 is 2.28 bits per heavy atom. The molecule has 0 N–H and O–H groups in total. The summed E-state index contributed by atoms with van der Waals surface area (Å²) in [6.45, 7) is 0. The van der Waals surface area contributed by atoms with E-state index in [1.807, 2.05) is 66.9 Å². The van der Waals surface area contributed by atoms with Crippen molar-refractivity contribution in [2.24, 2.45) is 0 Å². The van der Waals surface area contributed by atoms with Crippen LogP contribution < -0.4 is 0 Å². The van der Waals surface area contributed by atoms with Crippen molar-refractivity contribution >= 4 is 29.6 Å². The van der Waals surface area contributed by atoms with Crippen LogP contribution >= 0.6 is 11.8 Å². The second-order valence-electron chi connectivity index (χ2n) is 5.50. The van der Waals surface area contributed by atoms with E-state index in [1.54, 1.807) is 23.9 Å². The molecule has 0 aromatic heterocycles. The van der Waals surface area contributed by atoms with Gasteiger partial charge in [0.1, 0.15) is 0 Å². The van der Waals surface area contributed by atoms with E-state index in [1.165, 1.54) is 4.90 Å². The Balaban J connectivity index is 2.04. The fourth-order valence-corrected chi connectivity index (χ4v) is 2.99. The van der Waals surface area contributed by atoms with Crippen molar-refractivity contribution in [3.05, 3.63) is 94.0 Å². The fraction of sp³-hybridized carbons (Fsp3) is 0.0476. The van der Waals surface area contributed by atoms with Crippen molar-refractivity contribution in [1.29, 1.82) is 0 Å². The van der Waals surface area contributed by atoms with Gasteiger partial charge in [0, 0.05) is 17.0 Å². The molecule has 0 spiro atoms. The van der Waals surface area contributed by atoms with Gasteiger partial charge in [-0.25, -0.2) is 0 Å². The molecule has 0 radical (unpaired) electrons. The molecule has 0 saturated carbocycles. The summed E-state index contributed by atoms with van der Waals surface area (Å²) in [5.41, 5.74) is 4.00. The summed E-state index contributed by atoms with van der Waals surface area (Å²) in [6.07, 6.45) is 5.94. The largest absolute Gasteiger partial charge is 0.270 e. The van der Waals surface area contributed by atoms with Crippen LogP contribution in [0.15, 0.2) is 77.7 Å². The van der Waals surface area contributed by atoms with Crippen molar-refractivity contribution in [3.63, 3.8) is 0 Å². The topological polar surface area (TPSA) is 43.1 Å². The van der Waals surface area contributed by atoms with Crippen molar-refractivity contribution in [2.45, 2.75) is 4.90 Å². The van der Waals surface area contributed by atoms with Gasteiger partial charge in [0.2, 0.25) is 0 Å². The van der Waals surface area contributed by atoms with Crippen LogP contribution in [0.5, 0.6) is 0 Å². The monoisotopic (exact) mass is 347 g/mol. The summed E-state index contributed by atoms with van der Waals surface area (Å²) in [5.74, 6) is 0. The third kappa shape index (κ3) is 4.17. The number of benzene rings is 3. The number of nitro benzene ring substituents is 1. The number of thioether (sulfide) groups is 1. The van der Waals surface area contributed by atoms with E-state index >= 15 is 0 Å². The van der Waals surface area contributed by atoms with Crippen LogP contribution in [0.4, 0.5) is 5.69 Å². The predicted octanol–water partition coefficient (Wildman–Crippen LogP) is 6.15. The van der Waals surface area contributed by atoms with Crippen LogP contribution in [0.2, 0.25) is 0 Å². The smallest absolute Gasteiger partial charge is 0.258 e. The third-order valence-corrected chi connectivity index (χ3v) is 4.65. The molecule has 0 aliphatic carbocycles. The number of non-ortho nitro benzene ring substituents is 1. The van der Waals surface area contributed by atoms with Gasteiger partial charge >= 0.3 is 0 Å². The molecular weight excluding hydrogens is 330 g/mol. The SMILES string of the molecule is CSc1ccc(-c2ccc([N+](=O)[O-])cc2C=Cc2ccccc2)cc1. The van der Waals surface area contributed by atoms with Gasteiger partial charge in [-0.1, -0.05) is 54.6 Å². The summed E-state index contributed by atoms with van der Waals surface area (Å²) in [5, 5.41) is 11.1. The molecule has 0 atom stereocenters. The number of hydrogen-bond acceptors (Lipinski definition) is 3. The Hall–Kier alpha value is -2.85. The molecule has 124 valence electrons. The zero-order valence-electron chi connectivity index (χ0n) is 13.8. The van der Waals surface area contributed by atoms with Gasteiger partial charge in [0.25, 0.3) is 5.69 Å². The first kappa shape index (κ1) is 17.0. The van der Waals surface area contributed by atoms with Crippen LogP contribution in [0, 0.1) is 10.1 Å². The lowest BCUT2D eigenvalue weighted by Gasteiger charge is -2.08. The van der Waals surface area contributed by atoms with Crippen LogP contribution in [-0.2, 0) is 0 Å². The second-order valence-corrected chi connectivity index (χ2v) is 6.38. The minimum absolute atomic E-state index is 0.0946. The maximum atomic E-state index is 11.1. The normalized spacial score (nSPS) is 10.9. The van der Waals surface area contributed by atoms with Crippen LogP contribution in [-0.4, -0.2) is 11.2 Å². The maximum absolute atomic E-state index is 11.1. The minimum Gasteiger partial charge on any atom is -0.258 e. The van der Waals surface area contributed by atoms with E-state index in [9.17, 15) is 10.1 Å². The average molecular weight is 347 g/mol. The second kappa shape index (κ2) is 7.81. The van der Waals surface area contributed by atoms with Crippen LogP contribution in [0.25, 0.3) is 23.3 Å². The fourth-order valence-electron chi connectivity index (χ4n) is 2.59. The molecule has 0 heterocycles. The first-order chi connectivity index (χ1) is 12.2. The molecule has 0 aliphatic rings. The zero-order valence-corrected chi connectivity index (χ0v) is 14.6. The minimum atomic E-state index is -0.361. The van der Waals surface area contributed by atoms with Gasteiger partial charge in [0.05, 0.1) is 4.92 Å². The van der Waals surface area contributed by atoms with Gasteiger partial charge in [0.15, 0.2) is 0 Å². The highest BCUT2D eigenvalue weighted by Gasteiger charge is 2.10. The molecule has 3 rings (SSSR count). The van der Waals surface area contributed by atoms with Crippen molar-refractivity contribution in [3.8, 4) is 11.1 Å². The summed E-state index contributed by atoms with van der Waals surface area (Å²) < 4.78 is 0. The molecule has 0 bridgehead atoms. The Labute approximate surface area is 151 Å². The number of nitro groups is 1. The van der Waals surface area contributed by atoms with E-state index in [0.29, 0.717) is 0 Å². The molecule has 0 unspecified atom stereocenters. The van der Waals surface area contributed by atoms with Crippen LogP contribution in [0.1, 0.15) is 11.1 Å². The lowest BCUT2D eigenvalue weighted by molar-refractivity contribution is -0.384. The molecular formula is C21H17NO2S. The Morgan fingerprint density at radius 1 is 0.920 bits per heavy atom. The van der Waals surface area contributed by atoms with Gasteiger partial charge in [-0.3, -0.25) is 10.1 Å². The number of nitrogens with zero attached hydrogens (tertiary/aromatic N) is 1. The molecule has 0 amide bonds. The summed E-state index contributed by atoms with van der Waals surface area (Å²) in [7, 11) is 0.